The first kappa shape index (κ1) is 18.0. The summed E-state index contributed by atoms with van der Waals surface area (Å²) in [7, 11) is 1.96. The van der Waals surface area contributed by atoms with Crippen molar-refractivity contribution in [2.45, 2.75) is 44.6 Å². The lowest BCUT2D eigenvalue weighted by molar-refractivity contribution is -0.132. The van der Waals surface area contributed by atoms with E-state index < -0.39 is 0 Å². The number of benzene rings is 1. The Kier molecular flexibility index (Phi) is 7.76. The number of hydrogen-bond acceptors (Lipinski definition) is 2. The van der Waals surface area contributed by atoms with E-state index in [-0.39, 0.29) is 12.4 Å². The molecule has 0 saturated carbocycles. The number of nitrogens with zero attached hydrogens (tertiary/aromatic N) is 1. The maximum Gasteiger partial charge on any atom is 0.223 e. The summed E-state index contributed by atoms with van der Waals surface area (Å²) in [5.74, 6) is 0.665. The summed E-state index contributed by atoms with van der Waals surface area (Å²) in [5, 5.41) is 3.20. The number of rotatable bonds is 6. The van der Waals surface area contributed by atoms with Crippen molar-refractivity contribution >= 4 is 18.3 Å². The van der Waals surface area contributed by atoms with E-state index in [4.69, 9.17) is 0 Å². The topological polar surface area (TPSA) is 32.3 Å². The molecule has 3 nitrogen and oxygen atoms in total. The minimum Gasteiger partial charge on any atom is -0.338 e. The molecule has 1 fully saturated rings. The second-order valence-corrected chi connectivity index (χ2v) is 5.66. The molecule has 1 heterocycles. The first-order valence-corrected chi connectivity index (χ1v) is 7.75. The maximum absolute atomic E-state index is 12.6. The molecule has 0 bridgehead atoms. The van der Waals surface area contributed by atoms with Gasteiger partial charge < -0.3 is 10.2 Å². The smallest absolute Gasteiger partial charge is 0.223 e. The van der Waals surface area contributed by atoms with Crippen molar-refractivity contribution in [3.8, 4) is 0 Å². The average Bonchev–Trinajstić information content (AvgIpc) is 2.94. The van der Waals surface area contributed by atoms with Gasteiger partial charge in [-0.3, -0.25) is 4.79 Å². The first-order chi connectivity index (χ1) is 9.76. The maximum atomic E-state index is 12.6. The summed E-state index contributed by atoms with van der Waals surface area (Å²) in [6, 6.07) is 10.8. The molecule has 1 aliphatic rings. The highest BCUT2D eigenvalue weighted by molar-refractivity contribution is 5.85. The molecule has 0 aromatic heterocycles. The number of hydrogen-bond donors (Lipinski definition) is 1. The van der Waals surface area contributed by atoms with Crippen LogP contribution >= 0.6 is 12.4 Å². The van der Waals surface area contributed by atoms with Crippen LogP contribution in [-0.4, -0.2) is 37.0 Å². The summed E-state index contributed by atoms with van der Waals surface area (Å²) in [6.07, 6.45) is 3.93. The molecule has 0 spiro atoms. The fourth-order valence-corrected chi connectivity index (χ4v) is 3.16. The molecule has 2 rings (SSSR count). The number of amides is 1. The largest absolute Gasteiger partial charge is 0.338 e. The minimum atomic E-state index is 0. The van der Waals surface area contributed by atoms with Gasteiger partial charge in [0.25, 0.3) is 0 Å². The fourth-order valence-electron chi connectivity index (χ4n) is 3.16. The second kappa shape index (κ2) is 9.06. The normalized spacial score (nSPS) is 19.1. The van der Waals surface area contributed by atoms with Crippen LogP contribution in [0.5, 0.6) is 0 Å². The van der Waals surface area contributed by atoms with Crippen LogP contribution in [0.25, 0.3) is 0 Å². The zero-order valence-electron chi connectivity index (χ0n) is 13.0. The highest BCUT2D eigenvalue weighted by Crippen LogP contribution is 2.26. The standard InChI is InChI=1S/C17H26N2O.ClH/c1-3-14(15-8-5-4-6-9-15)12-17(20)19-11-7-10-16(19)13-18-2;/h4-6,8-9,14,16,18H,3,7,10-13H2,1-2H3;1H. The number of likely N-dealkylation sites (tertiary alicyclic amines) is 1. The van der Waals surface area contributed by atoms with Gasteiger partial charge in [0, 0.05) is 25.6 Å². The molecule has 0 aliphatic carbocycles. The van der Waals surface area contributed by atoms with Crippen LogP contribution in [0.4, 0.5) is 0 Å². The predicted octanol–water partition coefficient (Wildman–Crippen LogP) is 3.20. The van der Waals surface area contributed by atoms with E-state index in [9.17, 15) is 4.79 Å². The molecule has 1 N–H and O–H groups in total. The Morgan fingerprint density at radius 1 is 1.38 bits per heavy atom. The van der Waals surface area contributed by atoms with Crippen LogP contribution in [-0.2, 0) is 4.79 Å². The molecule has 118 valence electrons. The van der Waals surface area contributed by atoms with Crippen LogP contribution < -0.4 is 5.32 Å². The molecular weight excluding hydrogens is 284 g/mol. The summed E-state index contributed by atoms with van der Waals surface area (Å²) >= 11 is 0. The van der Waals surface area contributed by atoms with E-state index in [0.29, 0.717) is 24.3 Å². The van der Waals surface area contributed by atoms with Gasteiger partial charge in [-0.25, -0.2) is 0 Å². The van der Waals surface area contributed by atoms with Crippen LogP contribution in [0.2, 0.25) is 0 Å². The molecule has 2 atom stereocenters. The zero-order chi connectivity index (χ0) is 14.4. The van der Waals surface area contributed by atoms with Crippen LogP contribution in [0.1, 0.15) is 44.1 Å². The second-order valence-electron chi connectivity index (χ2n) is 5.66. The van der Waals surface area contributed by atoms with E-state index in [0.717, 1.165) is 32.4 Å². The number of likely N-dealkylation sites (N-methyl/N-ethyl adjacent to an activating group) is 1. The highest BCUT2D eigenvalue weighted by atomic mass is 35.5. The minimum absolute atomic E-state index is 0. The van der Waals surface area contributed by atoms with Gasteiger partial charge in [-0.1, -0.05) is 37.3 Å². The predicted molar refractivity (Wildman–Crippen MR) is 90.0 cm³/mol. The van der Waals surface area contributed by atoms with Crippen LogP contribution in [0.3, 0.4) is 0 Å². The van der Waals surface area contributed by atoms with Gasteiger partial charge >= 0.3 is 0 Å². The van der Waals surface area contributed by atoms with Crippen LogP contribution in [0, 0.1) is 0 Å². The van der Waals surface area contributed by atoms with Gasteiger partial charge in [-0.2, -0.15) is 0 Å². The van der Waals surface area contributed by atoms with Crippen molar-refractivity contribution in [2.24, 2.45) is 0 Å². The number of carbonyl (C=O) groups excluding carboxylic acids is 1. The van der Waals surface area contributed by atoms with Gasteiger partial charge in [-0.15, -0.1) is 12.4 Å². The summed E-state index contributed by atoms with van der Waals surface area (Å²) in [6.45, 7) is 4.00. The van der Waals surface area contributed by atoms with Crippen molar-refractivity contribution in [1.29, 1.82) is 0 Å². The van der Waals surface area contributed by atoms with E-state index >= 15 is 0 Å². The number of carbonyl (C=O) groups is 1. The Labute approximate surface area is 134 Å². The monoisotopic (exact) mass is 310 g/mol. The molecule has 21 heavy (non-hydrogen) atoms. The van der Waals surface area contributed by atoms with Gasteiger partial charge in [0.15, 0.2) is 0 Å². The van der Waals surface area contributed by atoms with E-state index in [1.165, 1.54) is 5.56 Å². The lowest BCUT2D eigenvalue weighted by atomic mass is 9.92. The van der Waals surface area contributed by atoms with Gasteiger partial charge in [0.05, 0.1) is 0 Å². The molecule has 0 radical (unpaired) electrons. The molecule has 1 amide bonds. The summed E-state index contributed by atoms with van der Waals surface area (Å²) in [5.41, 5.74) is 1.28. The zero-order valence-corrected chi connectivity index (χ0v) is 13.9. The Bertz CT molecular complexity index is 424. The van der Waals surface area contributed by atoms with Crippen molar-refractivity contribution in [2.75, 3.05) is 20.1 Å². The van der Waals surface area contributed by atoms with Crippen molar-refractivity contribution in [3.05, 3.63) is 35.9 Å². The first-order valence-electron chi connectivity index (χ1n) is 7.75. The number of halogens is 1. The molecule has 1 aromatic rings. The van der Waals surface area contributed by atoms with E-state index in [2.05, 4.69) is 41.4 Å². The Balaban J connectivity index is 0.00000220. The molecule has 4 heteroatoms. The third-order valence-corrected chi connectivity index (χ3v) is 4.32. The average molecular weight is 311 g/mol. The fraction of sp³-hybridized carbons (Fsp3) is 0.588. The van der Waals surface area contributed by atoms with Gasteiger partial charge in [0.1, 0.15) is 0 Å². The lowest BCUT2D eigenvalue weighted by Gasteiger charge is -2.26. The summed E-state index contributed by atoms with van der Waals surface area (Å²) in [4.78, 5) is 14.7. The van der Waals surface area contributed by atoms with Gasteiger partial charge in [-0.05, 0) is 37.8 Å². The quantitative estimate of drug-likeness (QED) is 0.875. The SMILES string of the molecule is CCC(CC(=O)N1CCCC1CNC)c1ccccc1.Cl. The molecule has 1 aromatic carbocycles. The van der Waals surface area contributed by atoms with Gasteiger partial charge in [0.2, 0.25) is 5.91 Å². The molecule has 1 aliphatic heterocycles. The Morgan fingerprint density at radius 3 is 2.71 bits per heavy atom. The lowest BCUT2D eigenvalue weighted by Crippen LogP contribution is -2.41. The third kappa shape index (κ3) is 4.72. The van der Waals surface area contributed by atoms with Crippen molar-refractivity contribution < 1.29 is 4.79 Å². The van der Waals surface area contributed by atoms with Crippen LogP contribution in [0.15, 0.2) is 30.3 Å². The number of nitrogens with one attached hydrogen (secondary N) is 1. The van der Waals surface area contributed by atoms with E-state index in [1.54, 1.807) is 0 Å². The van der Waals surface area contributed by atoms with E-state index in [1.807, 2.05) is 13.1 Å². The highest BCUT2D eigenvalue weighted by Gasteiger charge is 2.29. The molecule has 1 saturated heterocycles. The third-order valence-electron chi connectivity index (χ3n) is 4.32. The Hall–Kier alpha value is -1.06. The molecule has 2 unspecified atom stereocenters. The Morgan fingerprint density at radius 2 is 2.10 bits per heavy atom. The van der Waals surface area contributed by atoms with Crippen molar-refractivity contribution in [3.63, 3.8) is 0 Å². The molecular formula is C17H27ClN2O. The summed E-state index contributed by atoms with van der Waals surface area (Å²) < 4.78 is 0. The van der Waals surface area contributed by atoms with Crippen molar-refractivity contribution in [1.82, 2.24) is 10.2 Å².